The van der Waals surface area contributed by atoms with Crippen molar-refractivity contribution in [3.05, 3.63) is 0 Å². The summed E-state index contributed by atoms with van der Waals surface area (Å²) in [5, 5.41) is 9.22. The molecular weight excluding hydrogens is 216 g/mol. The van der Waals surface area contributed by atoms with Crippen molar-refractivity contribution in [2.75, 3.05) is 35.0 Å². The van der Waals surface area contributed by atoms with E-state index in [9.17, 15) is 5.11 Å². The van der Waals surface area contributed by atoms with Gasteiger partial charge in [0.05, 0.1) is 6.61 Å². The van der Waals surface area contributed by atoms with Gasteiger partial charge in [-0.2, -0.15) is 0 Å². The summed E-state index contributed by atoms with van der Waals surface area (Å²) in [5.74, 6) is 0. The topological polar surface area (TPSA) is 66.4 Å². The van der Waals surface area contributed by atoms with E-state index in [1.54, 1.807) is 21.3 Å². The van der Waals surface area contributed by atoms with Crippen LogP contribution in [-0.2, 0) is 23.7 Å². The first-order chi connectivity index (χ1) is 7.73. The van der Waals surface area contributed by atoms with Gasteiger partial charge in [-0.05, 0) is 0 Å². The lowest BCUT2D eigenvalue weighted by Gasteiger charge is -2.43. The summed E-state index contributed by atoms with van der Waals surface area (Å²) in [7, 11) is 6.18. The van der Waals surface area contributed by atoms with Gasteiger partial charge in [-0.1, -0.05) is 0 Å². The Kier molecular flexibility index (Phi) is 5.60. The zero-order chi connectivity index (χ0) is 12.1. The van der Waals surface area contributed by atoms with Gasteiger partial charge in [-0.3, -0.25) is 0 Å². The Bertz CT molecular complexity index is 182. The molecule has 1 saturated heterocycles. The fraction of sp³-hybridized carbons (Fsp3) is 1.00. The fourth-order valence-electron chi connectivity index (χ4n) is 2.02. The summed E-state index contributed by atoms with van der Waals surface area (Å²) in [5.41, 5.74) is 0. The SMILES string of the molecule is COC1C(OC)[C@H](OC)C(CO)O[C@@H]1OC. The van der Waals surface area contributed by atoms with Crippen LogP contribution in [0, 0.1) is 0 Å². The Labute approximate surface area is 95.4 Å². The molecule has 1 N–H and O–H groups in total. The van der Waals surface area contributed by atoms with Gasteiger partial charge >= 0.3 is 0 Å². The monoisotopic (exact) mass is 236 g/mol. The van der Waals surface area contributed by atoms with Crippen molar-refractivity contribution < 1.29 is 28.8 Å². The second-order valence-electron chi connectivity index (χ2n) is 3.56. The number of rotatable bonds is 5. The Morgan fingerprint density at radius 3 is 1.81 bits per heavy atom. The number of ether oxygens (including phenoxy) is 5. The van der Waals surface area contributed by atoms with Gasteiger partial charge in [0, 0.05) is 28.4 Å². The molecule has 0 saturated carbocycles. The van der Waals surface area contributed by atoms with E-state index in [1.807, 2.05) is 0 Å². The highest BCUT2D eigenvalue weighted by atomic mass is 16.7. The Morgan fingerprint density at radius 1 is 0.875 bits per heavy atom. The average molecular weight is 236 g/mol. The van der Waals surface area contributed by atoms with E-state index in [0.717, 1.165) is 0 Å². The molecule has 0 bridgehead atoms. The third kappa shape index (κ3) is 2.53. The molecule has 0 spiro atoms. The van der Waals surface area contributed by atoms with E-state index in [2.05, 4.69) is 0 Å². The molecule has 1 heterocycles. The van der Waals surface area contributed by atoms with E-state index in [0.29, 0.717) is 0 Å². The molecule has 5 atom stereocenters. The molecular formula is C10H20O6. The summed E-state index contributed by atoms with van der Waals surface area (Å²) in [6.45, 7) is -0.158. The molecule has 96 valence electrons. The zero-order valence-electron chi connectivity index (χ0n) is 10.1. The predicted octanol–water partition coefficient (Wildman–Crippen LogP) is -0.605. The molecule has 6 heteroatoms. The van der Waals surface area contributed by atoms with Crippen LogP contribution in [0.5, 0.6) is 0 Å². The van der Waals surface area contributed by atoms with Crippen molar-refractivity contribution in [3.8, 4) is 0 Å². The molecule has 6 nitrogen and oxygen atoms in total. The second-order valence-corrected chi connectivity index (χ2v) is 3.56. The second kappa shape index (κ2) is 6.48. The third-order valence-corrected chi connectivity index (χ3v) is 2.82. The van der Waals surface area contributed by atoms with E-state index in [1.165, 1.54) is 7.11 Å². The quantitative estimate of drug-likeness (QED) is 0.687. The standard InChI is InChI=1S/C10H20O6/c1-12-7-6(5-11)16-10(15-4)9(14-3)8(7)13-2/h6-11H,5H2,1-4H3/t6?,7-,8?,9?,10+/m1/s1. The van der Waals surface area contributed by atoms with Crippen molar-refractivity contribution in [1.29, 1.82) is 0 Å². The number of hydrogen-bond acceptors (Lipinski definition) is 6. The molecule has 16 heavy (non-hydrogen) atoms. The number of aliphatic hydroxyl groups is 1. The highest BCUT2D eigenvalue weighted by molar-refractivity contribution is 4.91. The maximum absolute atomic E-state index is 9.22. The first-order valence-corrected chi connectivity index (χ1v) is 5.11. The molecule has 1 aliphatic rings. The molecule has 0 radical (unpaired) electrons. The summed E-state index contributed by atoms with van der Waals surface area (Å²) in [6, 6.07) is 0. The van der Waals surface area contributed by atoms with Crippen LogP contribution in [0.3, 0.4) is 0 Å². The van der Waals surface area contributed by atoms with Crippen molar-refractivity contribution in [2.45, 2.75) is 30.7 Å². The molecule has 0 aromatic heterocycles. The van der Waals surface area contributed by atoms with Gasteiger partial charge in [-0.15, -0.1) is 0 Å². The maximum atomic E-state index is 9.22. The molecule has 0 aromatic rings. The minimum atomic E-state index is -0.571. The largest absolute Gasteiger partial charge is 0.394 e. The Morgan fingerprint density at radius 2 is 1.44 bits per heavy atom. The number of aliphatic hydroxyl groups excluding tert-OH is 1. The number of methoxy groups -OCH3 is 4. The van der Waals surface area contributed by atoms with Crippen molar-refractivity contribution in [2.24, 2.45) is 0 Å². The lowest BCUT2D eigenvalue weighted by molar-refractivity contribution is -0.306. The lowest BCUT2D eigenvalue weighted by Crippen LogP contribution is -2.60. The van der Waals surface area contributed by atoms with E-state index in [-0.39, 0.29) is 24.9 Å². The molecule has 1 fully saturated rings. The fourth-order valence-corrected chi connectivity index (χ4v) is 2.02. The van der Waals surface area contributed by atoms with Gasteiger partial charge in [0.15, 0.2) is 6.29 Å². The van der Waals surface area contributed by atoms with Crippen LogP contribution in [0.15, 0.2) is 0 Å². The molecule has 0 aliphatic carbocycles. The third-order valence-electron chi connectivity index (χ3n) is 2.82. The molecule has 1 rings (SSSR count). The molecule has 0 aromatic carbocycles. The number of hydrogen-bond donors (Lipinski definition) is 1. The zero-order valence-corrected chi connectivity index (χ0v) is 10.1. The molecule has 0 amide bonds. The Hall–Kier alpha value is -0.240. The molecule has 1 aliphatic heterocycles. The summed E-state index contributed by atoms with van der Waals surface area (Å²) in [6.07, 6.45) is -2.16. The van der Waals surface area contributed by atoms with Crippen molar-refractivity contribution >= 4 is 0 Å². The Balaban J connectivity index is 2.85. The normalized spacial score (nSPS) is 39.9. The smallest absolute Gasteiger partial charge is 0.186 e. The summed E-state index contributed by atoms with van der Waals surface area (Å²) >= 11 is 0. The highest BCUT2D eigenvalue weighted by Crippen LogP contribution is 2.27. The highest BCUT2D eigenvalue weighted by Gasteiger charge is 2.46. The lowest BCUT2D eigenvalue weighted by atomic mass is 9.98. The minimum Gasteiger partial charge on any atom is -0.394 e. The predicted molar refractivity (Wildman–Crippen MR) is 55.1 cm³/mol. The first-order valence-electron chi connectivity index (χ1n) is 5.11. The van der Waals surface area contributed by atoms with Crippen molar-refractivity contribution in [1.82, 2.24) is 0 Å². The van der Waals surface area contributed by atoms with E-state index >= 15 is 0 Å². The summed E-state index contributed by atoms with van der Waals surface area (Å²) in [4.78, 5) is 0. The van der Waals surface area contributed by atoms with E-state index in [4.69, 9.17) is 23.7 Å². The van der Waals surface area contributed by atoms with Crippen LogP contribution in [0.2, 0.25) is 0 Å². The van der Waals surface area contributed by atoms with Gasteiger partial charge in [0.2, 0.25) is 0 Å². The van der Waals surface area contributed by atoms with Crippen LogP contribution < -0.4 is 0 Å². The van der Waals surface area contributed by atoms with Crippen LogP contribution >= 0.6 is 0 Å². The van der Waals surface area contributed by atoms with Gasteiger partial charge in [0.25, 0.3) is 0 Å². The van der Waals surface area contributed by atoms with Gasteiger partial charge in [0.1, 0.15) is 24.4 Å². The first kappa shape index (κ1) is 13.8. The summed E-state index contributed by atoms with van der Waals surface area (Å²) < 4.78 is 26.6. The molecule has 3 unspecified atom stereocenters. The van der Waals surface area contributed by atoms with Crippen molar-refractivity contribution in [3.63, 3.8) is 0 Å². The van der Waals surface area contributed by atoms with Gasteiger partial charge in [-0.25, -0.2) is 0 Å². The van der Waals surface area contributed by atoms with Crippen LogP contribution in [-0.4, -0.2) is 70.9 Å². The van der Waals surface area contributed by atoms with Crippen LogP contribution in [0.1, 0.15) is 0 Å². The van der Waals surface area contributed by atoms with Crippen LogP contribution in [0.25, 0.3) is 0 Å². The average Bonchev–Trinajstić information content (AvgIpc) is 2.35. The van der Waals surface area contributed by atoms with Gasteiger partial charge < -0.3 is 28.8 Å². The van der Waals surface area contributed by atoms with Crippen LogP contribution in [0.4, 0.5) is 0 Å². The maximum Gasteiger partial charge on any atom is 0.186 e. The minimum absolute atomic E-state index is 0.158. The van der Waals surface area contributed by atoms with E-state index < -0.39 is 12.4 Å².